The van der Waals surface area contributed by atoms with Crippen LogP contribution in [0.15, 0.2) is 12.8 Å². The largest absolute Gasteiger partial charge is 0.311 e. The molecule has 1 fully saturated rings. The molecule has 0 aromatic rings. The van der Waals surface area contributed by atoms with E-state index in [2.05, 4.69) is 27.7 Å². The van der Waals surface area contributed by atoms with Gasteiger partial charge in [-0.1, -0.05) is 6.58 Å². The molecule has 0 aromatic carbocycles. The van der Waals surface area contributed by atoms with Crippen molar-refractivity contribution in [3.05, 3.63) is 12.8 Å². The normalized spacial score (nSPS) is 24.8. The molecule has 1 atom stereocenters. The summed E-state index contributed by atoms with van der Waals surface area (Å²) >= 11 is 0. The van der Waals surface area contributed by atoms with Gasteiger partial charge in [-0.05, 0) is 0 Å². The molecule has 1 amide bonds. The Hall–Kier alpha value is -0.830. The molecule has 3 nitrogen and oxygen atoms in total. The number of rotatable bonds is 2. The Kier molecular flexibility index (Phi) is 2.24. The van der Waals surface area contributed by atoms with Crippen molar-refractivity contribution in [1.82, 2.24) is 4.90 Å². The number of carbonyl (C=O) groups excluding carboxylic acids is 1. The molecule has 1 heterocycles. The molecule has 0 aliphatic carbocycles. The molecule has 0 spiro atoms. The van der Waals surface area contributed by atoms with Crippen molar-refractivity contribution in [2.45, 2.75) is 19.0 Å². The van der Waals surface area contributed by atoms with Crippen molar-refractivity contribution >= 4 is 5.91 Å². The third kappa shape index (κ3) is 1.50. The molecule has 0 aromatic heterocycles. The highest BCUT2D eigenvalue weighted by atomic mass is 16.2. The highest BCUT2D eigenvalue weighted by Gasteiger charge is 2.37. The Morgan fingerprint density at radius 2 is 2.17 bits per heavy atom. The Balaban J connectivity index is 2.80. The van der Waals surface area contributed by atoms with Gasteiger partial charge in [-0.3, -0.25) is 9.69 Å². The Labute approximate surface area is 73.9 Å². The van der Waals surface area contributed by atoms with Crippen LogP contribution in [0.5, 0.6) is 0 Å². The first-order valence-corrected chi connectivity index (χ1v) is 4.21. The van der Waals surface area contributed by atoms with Gasteiger partial charge in [-0.15, -0.1) is 0 Å². The van der Waals surface area contributed by atoms with E-state index in [0.717, 1.165) is 10.9 Å². The number of carbonyl (C=O) groups is 1. The summed E-state index contributed by atoms with van der Waals surface area (Å²) < 4.78 is 0.789. The topological polar surface area (TPSA) is 20.3 Å². The van der Waals surface area contributed by atoms with E-state index in [0.29, 0.717) is 6.42 Å². The van der Waals surface area contributed by atoms with Crippen LogP contribution < -0.4 is 0 Å². The van der Waals surface area contributed by atoms with Gasteiger partial charge in [0.2, 0.25) is 5.91 Å². The molecule has 0 radical (unpaired) electrons. The lowest BCUT2D eigenvalue weighted by molar-refractivity contribution is -0.904. The van der Waals surface area contributed by atoms with E-state index in [-0.39, 0.29) is 12.1 Å². The minimum Gasteiger partial charge on any atom is -0.311 e. The predicted molar refractivity (Wildman–Crippen MR) is 48.1 cm³/mol. The number of nitrogens with zero attached hydrogens (tertiary/aromatic N) is 2. The van der Waals surface area contributed by atoms with Gasteiger partial charge in [0.15, 0.2) is 6.17 Å². The third-order valence-electron chi connectivity index (χ3n) is 2.32. The molecule has 1 aliphatic rings. The van der Waals surface area contributed by atoms with E-state index < -0.39 is 0 Å². The molecular weight excluding hydrogens is 152 g/mol. The van der Waals surface area contributed by atoms with Crippen LogP contribution in [0, 0.1) is 0 Å². The quantitative estimate of drug-likeness (QED) is 0.559. The molecule has 3 heteroatoms. The molecule has 0 N–H and O–H groups in total. The van der Waals surface area contributed by atoms with Crippen LogP contribution in [0.3, 0.4) is 0 Å². The second kappa shape index (κ2) is 2.90. The summed E-state index contributed by atoms with van der Waals surface area (Å²) in [6.07, 6.45) is 3.51. The summed E-state index contributed by atoms with van der Waals surface area (Å²) in [5.74, 6) is 0.197. The molecule has 0 bridgehead atoms. The first-order chi connectivity index (χ1) is 5.46. The molecular formula is C9H17N2O+. The minimum atomic E-state index is 0.197. The van der Waals surface area contributed by atoms with Crippen molar-refractivity contribution in [2.24, 2.45) is 0 Å². The van der Waals surface area contributed by atoms with Crippen LogP contribution in [0.25, 0.3) is 0 Å². The zero-order valence-electron chi connectivity index (χ0n) is 8.08. The Morgan fingerprint density at radius 3 is 2.50 bits per heavy atom. The van der Waals surface area contributed by atoms with E-state index in [9.17, 15) is 4.79 Å². The van der Waals surface area contributed by atoms with Crippen LogP contribution in [0.2, 0.25) is 0 Å². The number of quaternary nitrogens is 1. The summed E-state index contributed by atoms with van der Waals surface area (Å²) in [4.78, 5) is 13.1. The van der Waals surface area contributed by atoms with E-state index in [1.807, 2.05) is 0 Å². The van der Waals surface area contributed by atoms with Gasteiger partial charge in [0.1, 0.15) is 0 Å². The van der Waals surface area contributed by atoms with Crippen molar-refractivity contribution in [2.75, 3.05) is 21.1 Å². The standard InChI is InChI=1S/C9H17N2O/c1-5-10-8(11(2,3)4)6-7-9(10)12/h5,8H,1,6-7H2,2-4H3/q+1. The third-order valence-corrected chi connectivity index (χ3v) is 2.32. The first-order valence-electron chi connectivity index (χ1n) is 4.21. The molecule has 1 saturated heterocycles. The van der Waals surface area contributed by atoms with Gasteiger partial charge in [0.25, 0.3) is 0 Å². The fourth-order valence-electron chi connectivity index (χ4n) is 1.67. The van der Waals surface area contributed by atoms with Gasteiger partial charge in [0, 0.05) is 19.0 Å². The first kappa shape index (κ1) is 9.26. The van der Waals surface area contributed by atoms with Crippen LogP contribution in [-0.4, -0.2) is 42.6 Å². The van der Waals surface area contributed by atoms with Crippen molar-refractivity contribution in [3.63, 3.8) is 0 Å². The van der Waals surface area contributed by atoms with E-state index in [1.54, 1.807) is 11.1 Å². The van der Waals surface area contributed by atoms with Gasteiger partial charge in [-0.25, -0.2) is 0 Å². The predicted octanol–water partition coefficient (Wildman–Crippen LogP) is 0.785. The van der Waals surface area contributed by atoms with Crippen molar-refractivity contribution in [3.8, 4) is 0 Å². The van der Waals surface area contributed by atoms with Gasteiger partial charge in [-0.2, -0.15) is 0 Å². The van der Waals surface area contributed by atoms with Crippen molar-refractivity contribution < 1.29 is 9.28 Å². The van der Waals surface area contributed by atoms with Crippen LogP contribution in [0.4, 0.5) is 0 Å². The summed E-state index contributed by atoms with van der Waals surface area (Å²) in [5.41, 5.74) is 0. The maximum atomic E-state index is 11.3. The van der Waals surface area contributed by atoms with E-state index >= 15 is 0 Å². The molecule has 1 aliphatic heterocycles. The average molecular weight is 169 g/mol. The Morgan fingerprint density at radius 1 is 1.58 bits per heavy atom. The van der Waals surface area contributed by atoms with E-state index in [1.165, 1.54) is 0 Å². The van der Waals surface area contributed by atoms with Gasteiger partial charge in [0.05, 0.1) is 21.1 Å². The van der Waals surface area contributed by atoms with Crippen LogP contribution in [0.1, 0.15) is 12.8 Å². The lowest BCUT2D eigenvalue weighted by Crippen LogP contribution is -2.51. The summed E-state index contributed by atoms with van der Waals surface area (Å²) in [6.45, 7) is 3.65. The highest BCUT2D eigenvalue weighted by molar-refractivity contribution is 5.79. The SMILES string of the molecule is C=CN1C(=O)CCC1[N+](C)(C)C. The average Bonchev–Trinajstić information content (AvgIpc) is 2.29. The Bertz CT molecular complexity index is 205. The highest BCUT2D eigenvalue weighted by Crippen LogP contribution is 2.23. The molecule has 12 heavy (non-hydrogen) atoms. The lowest BCUT2D eigenvalue weighted by atomic mass is 10.3. The molecule has 1 unspecified atom stereocenters. The van der Waals surface area contributed by atoms with Crippen LogP contribution in [-0.2, 0) is 4.79 Å². The number of amides is 1. The maximum absolute atomic E-state index is 11.3. The molecule has 68 valence electrons. The van der Waals surface area contributed by atoms with E-state index in [4.69, 9.17) is 0 Å². The second-order valence-electron chi connectivity index (χ2n) is 4.12. The van der Waals surface area contributed by atoms with Crippen molar-refractivity contribution in [1.29, 1.82) is 0 Å². The molecule has 0 saturated carbocycles. The van der Waals surface area contributed by atoms with Crippen LogP contribution >= 0.6 is 0 Å². The van der Waals surface area contributed by atoms with Gasteiger partial charge < -0.3 is 4.48 Å². The summed E-state index contributed by atoms with van der Waals surface area (Å²) in [7, 11) is 6.29. The molecule has 1 rings (SSSR count). The number of likely N-dealkylation sites (tertiary alicyclic amines) is 1. The zero-order valence-corrected chi connectivity index (χ0v) is 8.08. The fraction of sp³-hybridized carbons (Fsp3) is 0.667. The smallest absolute Gasteiger partial charge is 0.231 e. The fourth-order valence-corrected chi connectivity index (χ4v) is 1.67. The zero-order chi connectivity index (χ0) is 9.35. The number of hydrogen-bond acceptors (Lipinski definition) is 1. The monoisotopic (exact) mass is 169 g/mol. The van der Waals surface area contributed by atoms with Gasteiger partial charge >= 0.3 is 0 Å². The lowest BCUT2D eigenvalue weighted by Gasteiger charge is -2.35. The summed E-state index contributed by atoms with van der Waals surface area (Å²) in [5, 5.41) is 0. The summed E-state index contributed by atoms with van der Waals surface area (Å²) in [6, 6.07) is 0. The number of hydrogen-bond donors (Lipinski definition) is 0. The second-order valence-corrected chi connectivity index (χ2v) is 4.12. The maximum Gasteiger partial charge on any atom is 0.231 e. The minimum absolute atomic E-state index is 0.197.